The maximum atomic E-state index is 6.43. The second-order valence-electron chi connectivity index (χ2n) is 6.12. The van der Waals surface area contributed by atoms with Gasteiger partial charge in [-0.05, 0) is 50.3 Å². The van der Waals surface area contributed by atoms with Crippen LogP contribution in [-0.2, 0) is 6.42 Å². The van der Waals surface area contributed by atoms with Gasteiger partial charge in [-0.3, -0.25) is 0 Å². The Morgan fingerprint density at radius 1 is 1.22 bits per heavy atom. The Kier molecular flexibility index (Phi) is 5.17. The van der Waals surface area contributed by atoms with Gasteiger partial charge in [-0.2, -0.15) is 5.10 Å². The first kappa shape index (κ1) is 16.7. The molecule has 0 fully saturated rings. The first-order chi connectivity index (χ1) is 11.2. The highest BCUT2D eigenvalue weighted by Gasteiger charge is 2.25. The Morgan fingerprint density at radius 3 is 2.70 bits per heavy atom. The number of nitrogens with one attached hydrogen (secondary N) is 1. The maximum absolute atomic E-state index is 6.43. The van der Waals surface area contributed by atoms with Gasteiger partial charge in [-0.1, -0.05) is 37.0 Å². The molecule has 0 radical (unpaired) electrons. The molecule has 1 aliphatic rings. The minimum atomic E-state index is 0.496. The van der Waals surface area contributed by atoms with E-state index in [0.717, 1.165) is 37.3 Å². The standard InChI is InChI=1S/C18H23Cl2N3/c1-3-12(4-2)17-14-7-5-6-10-21-18(14)23(22-17)16-9-8-13(19)11-15(16)20/h8-9,11-12,21H,3-7,10H2,1-2H3. The van der Waals surface area contributed by atoms with E-state index in [1.54, 1.807) is 6.07 Å². The van der Waals surface area contributed by atoms with Gasteiger partial charge in [0.25, 0.3) is 0 Å². The molecule has 23 heavy (non-hydrogen) atoms. The highest BCUT2D eigenvalue weighted by Crippen LogP contribution is 2.36. The highest BCUT2D eigenvalue weighted by atomic mass is 35.5. The van der Waals surface area contributed by atoms with Gasteiger partial charge in [-0.25, -0.2) is 4.68 Å². The van der Waals surface area contributed by atoms with Gasteiger partial charge in [0.2, 0.25) is 0 Å². The monoisotopic (exact) mass is 351 g/mol. The normalized spacial score (nSPS) is 14.5. The molecule has 0 atom stereocenters. The maximum Gasteiger partial charge on any atom is 0.133 e. The Hall–Kier alpha value is -1.19. The Bertz CT molecular complexity index is 690. The smallest absolute Gasteiger partial charge is 0.133 e. The van der Waals surface area contributed by atoms with Crippen LogP contribution in [0.3, 0.4) is 0 Å². The van der Waals surface area contributed by atoms with Gasteiger partial charge >= 0.3 is 0 Å². The number of benzene rings is 1. The van der Waals surface area contributed by atoms with E-state index in [0.29, 0.717) is 16.0 Å². The molecule has 0 unspecified atom stereocenters. The van der Waals surface area contributed by atoms with Crippen LogP contribution in [0.2, 0.25) is 10.0 Å². The van der Waals surface area contributed by atoms with Crippen molar-refractivity contribution in [3.05, 3.63) is 39.5 Å². The lowest BCUT2D eigenvalue weighted by Crippen LogP contribution is -2.07. The van der Waals surface area contributed by atoms with Crippen LogP contribution in [-0.4, -0.2) is 16.3 Å². The molecule has 2 aromatic rings. The molecule has 124 valence electrons. The summed E-state index contributed by atoms with van der Waals surface area (Å²) < 4.78 is 1.98. The van der Waals surface area contributed by atoms with Crippen LogP contribution in [0.5, 0.6) is 0 Å². The molecular formula is C18H23Cl2N3. The second kappa shape index (κ2) is 7.14. The van der Waals surface area contributed by atoms with Crippen LogP contribution in [0.1, 0.15) is 56.7 Å². The van der Waals surface area contributed by atoms with E-state index in [4.69, 9.17) is 28.3 Å². The fourth-order valence-electron chi connectivity index (χ4n) is 3.36. The number of fused-ring (bicyclic) bond motifs is 1. The van der Waals surface area contributed by atoms with E-state index >= 15 is 0 Å². The molecule has 0 saturated carbocycles. The second-order valence-corrected chi connectivity index (χ2v) is 6.96. The molecule has 1 aliphatic heterocycles. The van der Waals surface area contributed by atoms with Crippen molar-refractivity contribution in [2.75, 3.05) is 11.9 Å². The molecule has 0 spiro atoms. The summed E-state index contributed by atoms with van der Waals surface area (Å²) in [7, 11) is 0. The summed E-state index contributed by atoms with van der Waals surface area (Å²) in [5, 5.41) is 9.80. The van der Waals surface area contributed by atoms with Gasteiger partial charge in [-0.15, -0.1) is 0 Å². The van der Waals surface area contributed by atoms with Gasteiger partial charge < -0.3 is 5.32 Å². The summed E-state index contributed by atoms with van der Waals surface area (Å²) in [6.07, 6.45) is 5.68. The molecule has 0 bridgehead atoms. The molecule has 3 nitrogen and oxygen atoms in total. The van der Waals surface area contributed by atoms with E-state index in [1.807, 2.05) is 16.8 Å². The van der Waals surface area contributed by atoms with Crippen LogP contribution in [0.25, 0.3) is 5.69 Å². The highest BCUT2D eigenvalue weighted by molar-refractivity contribution is 6.35. The number of anilines is 1. The Balaban J connectivity index is 2.16. The first-order valence-electron chi connectivity index (χ1n) is 8.46. The number of hydrogen-bond donors (Lipinski definition) is 1. The lowest BCUT2D eigenvalue weighted by molar-refractivity contribution is 0.605. The van der Waals surface area contributed by atoms with Crippen molar-refractivity contribution in [1.82, 2.24) is 9.78 Å². The van der Waals surface area contributed by atoms with Crippen LogP contribution in [0.15, 0.2) is 18.2 Å². The number of aromatic nitrogens is 2. The zero-order chi connectivity index (χ0) is 16.4. The summed E-state index contributed by atoms with van der Waals surface area (Å²) >= 11 is 12.5. The number of rotatable bonds is 4. The van der Waals surface area contributed by atoms with Crippen molar-refractivity contribution < 1.29 is 0 Å². The fourth-order valence-corrected chi connectivity index (χ4v) is 3.85. The molecule has 5 heteroatoms. The van der Waals surface area contributed by atoms with Crippen molar-refractivity contribution in [3.63, 3.8) is 0 Å². The largest absolute Gasteiger partial charge is 0.370 e. The van der Waals surface area contributed by atoms with Gasteiger partial charge in [0, 0.05) is 23.0 Å². The third-order valence-electron chi connectivity index (χ3n) is 4.67. The molecule has 1 N–H and O–H groups in total. The summed E-state index contributed by atoms with van der Waals surface area (Å²) in [5.41, 5.74) is 3.48. The molecule has 1 aromatic carbocycles. The van der Waals surface area contributed by atoms with Crippen LogP contribution >= 0.6 is 23.2 Å². The zero-order valence-electron chi connectivity index (χ0n) is 13.7. The predicted octanol–water partition coefficient (Wildman–Crippen LogP) is 5.83. The van der Waals surface area contributed by atoms with Crippen LogP contribution < -0.4 is 5.32 Å². The van der Waals surface area contributed by atoms with Crippen molar-refractivity contribution in [2.24, 2.45) is 0 Å². The SMILES string of the molecule is CCC(CC)c1nn(-c2ccc(Cl)cc2Cl)c2c1CCCCN2. The van der Waals surface area contributed by atoms with E-state index in [-0.39, 0.29) is 0 Å². The lowest BCUT2D eigenvalue weighted by Gasteiger charge is -2.11. The first-order valence-corrected chi connectivity index (χ1v) is 9.22. The topological polar surface area (TPSA) is 29.9 Å². The number of hydrogen-bond acceptors (Lipinski definition) is 2. The minimum absolute atomic E-state index is 0.496. The zero-order valence-corrected chi connectivity index (χ0v) is 15.2. The molecule has 0 aliphatic carbocycles. The average molecular weight is 352 g/mol. The Morgan fingerprint density at radius 2 is 2.00 bits per heavy atom. The predicted molar refractivity (Wildman–Crippen MR) is 98.3 cm³/mol. The summed E-state index contributed by atoms with van der Waals surface area (Å²) in [4.78, 5) is 0. The third kappa shape index (κ3) is 3.22. The number of nitrogens with zero attached hydrogens (tertiary/aromatic N) is 2. The lowest BCUT2D eigenvalue weighted by atomic mass is 9.94. The Labute approximate surface area is 148 Å². The molecule has 0 amide bonds. The summed E-state index contributed by atoms with van der Waals surface area (Å²) in [5.74, 6) is 1.60. The van der Waals surface area contributed by atoms with E-state index in [2.05, 4.69) is 19.2 Å². The van der Waals surface area contributed by atoms with Crippen LogP contribution in [0.4, 0.5) is 5.82 Å². The number of halogens is 2. The molecule has 3 rings (SSSR count). The summed E-state index contributed by atoms with van der Waals surface area (Å²) in [6, 6.07) is 5.59. The van der Waals surface area contributed by atoms with E-state index in [9.17, 15) is 0 Å². The molecule has 1 aromatic heterocycles. The van der Waals surface area contributed by atoms with E-state index < -0.39 is 0 Å². The third-order valence-corrected chi connectivity index (χ3v) is 5.21. The molecule has 0 saturated heterocycles. The quantitative estimate of drug-likeness (QED) is 0.750. The van der Waals surface area contributed by atoms with Crippen LogP contribution in [0, 0.1) is 0 Å². The van der Waals surface area contributed by atoms with E-state index in [1.165, 1.54) is 24.1 Å². The van der Waals surface area contributed by atoms with Gasteiger partial charge in [0.15, 0.2) is 0 Å². The average Bonchev–Trinajstić information content (AvgIpc) is 2.72. The van der Waals surface area contributed by atoms with Crippen molar-refractivity contribution >= 4 is 29.0 Å². The molecule has 2 heterocycles. The molecular weight excluding hydrogens is 329 g/mol. The minimum Gasteiger partial charge on any atom is -0.370 e. The van der Waals surface area contributed by atoms with Crippen molar-refractivity contribution in [1.29, 1.82) is 0 Å². The fraction of sp³-hybridized carbons (Fsp3) is 0.500. The van der Waals surface area contributed by atoms with Crippen molar-refractivity contribution in [3.8, 4) is 5.69 Å². The van der Waals surface area contributed by atoms with Crippen molar-refractivity contribution in [2.45, 2.75) is 51.9 Å². The van der Waals surface area contributed by atoms with Gasteiger partial charge in [0.1, 0.15) is 5.82 Å². The van der Waals surface area contributed by atoms with Gasteiger partial charge in [0.05, 0.1) is 16.4 Å². The summed E-state index contributed by atoms with van der Waals surface area (Å²) in [6.45, 7) is 5.45.